The highest BCUT2D eigenvalue weighted by atomic mass is 16.3. The third-order valence-electron chi connectivity index (χ3n) is 3.84. The summed E-state index contributed by atoms with van der Waals surface area (Å²) in [4.78, 5) is 12.7. The van der Waals surface area contributed by atoms with Gasteiger partial charge in [-0.2, -0.15) is 0 Å². The zero-order valence-corrected chi connectivity index (χ0v) is 12.2. The first kappa shape index (κ1) is 14.4. The van der Waals surface area contributed by atoms with Gasteiger partial charge in [0.15, 0.2) is 0 Å². The molecule has 0 amide bonds. The molecule has 0 fully saturated rings. The lowest BCUT2D eigenvalue weighted by Gasteiger charge is -2.10. The first-order valence-corrected chi connectivity index (χ1v) is 6.97. The van der Waals surface area contributed by atoms with Crippen LogP contribution in [0.15, 0.2) is 51.9 Å². The maximum atomic E-state index is 12.7. The van der Waals surface area contributed by atoms with E-state index in [0.717, 1.165) is 5.56 Å². The molecule has 4 heteroatoms. The van der Waals surface area contributed by atoms with Crippen molar-refractivity contribution in [1.29, 1.82) is 0 Å². The van der Waals surface area contributed by atoms with Gasteiger partial charge in [0, 0.05) is 17.5 Å². The van der Waals surface area contributed by atoms with Gasteiger partial charge in [-0.3, -0.25) is 4.79 Å². The lowest BCUT2D eigenvalue weighted by Crippen LogP contribution is -2.06. The predicted octanol–water partition coefficient (Wildman–Crippen LogP) is 3.36. The molecule has 4 nitrogen and oxygen atoms in total. The van der Waals surface area contributed by atoms with Crippen molar-refractivity contribution in [1.82, 2.24) is 0 Å². The largest absolute Gasteiger partial charge is 0.513 e. The van der Waals surface area contributed by atoms with E-state index >= 15 is 0 Å². The van der Waals surface area contributed by atoms with E-state index < -0.39 is 0 Å². The number of aliphatic hydroxyl groups excluding tert-OH is 2. The minimum Gasteiger partial charge on any atom is -0.513 e. The van der Waals surface area contributed by atoms with Crippen LogP contribution in [-0.4, -0.2) is 10.2 Å². The summed E-state index contributed by atoms with van der Waals surface area (Å²) in [5.41, 5.74) is 2.84. The highest BCUT2D eigenvalue weighted by molar-refractivity contribution is 5.92. The molecule has 0 saturated heterocycles. The van der Waals surface area contributed by atoms with E-state index in [2.05, 4.69) is 6.58 Å². The van der Waals surface area contributed by atoms with Crippen molar-refractivity contribution >= 4 is 21.9 Å². The molecule has 3 aromatic rings. The average Bonchev–Trinajstić information content (AvgIpc) is 2.48. The third kappa shape index (κ3) is 2.18. The second-order valence-electron chi connectivity index (χ2n) is 5.36. The molecule has 2 N–H and O–H groups in total. The number of aryl methyl sites for hydroxylation is 1. The lowest BCUT2D eigenvalue weighted by molar-refractivity contribution is 0.281. The zero-order valence-electron chi connectivity index (χ0n) is 12.2. The zero-order chi connectivity index (χ0) is 15.9. The van der Waals surface area contributed by atoms with E-state index in [1.807, 2.05) is 6.92 Å². The summed E-state index contributed by atoms with van der Waals surface area (Å²) >= 11 is 0. The second-order valence-corrected chi connectivity index (χ2v) is 5.36. The first-order valence-electron chi connectivity index (χ1n) is 6.97. The minimum absolute atomic E-state index is 0.00173. The summed E-state index contributed by atoms with van der Waals surface area (Å²) in [6, 6.07) is 8.75. The molecule has 1 aromatic heterocycles. The van der Waals surface area contributed by atoms with Gasteiger partial charge >= 0.3 is 0 Å². The standard InChI is InChI=1S/C18H16O4/c1-10-6-7-14-16(21)13-5-3-4-12(8-11(2)20)17(13)22-18(14)15(10)9-19/h3-7,19-20H,2,8-9H2,1H3. The molecule has 1 heterocycles. The van der Waals surface area contributed by atoms with Gasteiger partial charge in [-0.15, -0.1) is 0 Å². The summed E-state index contributed by atoms with van der Waals surface area (Å²) in [5.74, 6) is 0.00173. The fourth-order valence-electron chi connectivity index (χ4n) is 2.71. The van der Waals surface area contributed by atoms with Crippen LogP contribution in [0.5, 0.6) is 0 Å². The molecule has 0 spiro atoms. The van der Waals surface area contributed by atoms with Crippen LogP contribution in [0, 0.1) is 6.92 Å². The van der Waals surface area contributed by atoms with Crippen LogP contribution in [0.2, 0.25) is 0 Å². The molecular weight excluding hydrogens is 280 g/mol. The van der Waals surface area contributed by atoms with E-state index in [4.69, 9.17) is 4.42 Å². The summed E-state index contributed by atoms with van der Waals surface area (Å²) < 4.78 is 5.95. The Hall–Kier alpha value is -2.59. The van der Waals surface area contributed by atoms with Crippen molar-refractivity contribution in [3.63, 3.8) is 0 Å². The molecule has 0 radical (unpaired) electrons. The lowest BCUT2D eigenvalue weighted by atomic mass is 10.0. The number of hydrogen-bond donors (Lipinski definition) is 2. The van der Waals surface area contributed by atoms with Gasteiger partial charge in [-0.05, 0) is 24.6 Å². The summed E-state index contributed by atoms with van der Waals surface area (Å²) in [6.07, 6.45) is 0.214. The molecule has 0 atom stereocenters. The van der Waals surface area contributed by atoms with E-state index in [1.54, 1.807) is 30.3 Å². The van der Waals surface area contributed by atoms with Gasteiger partial charge in [0.2, 0.25) is 5.43 Å². The Morgan fingerprint density at radius 3 is 2.59 bits per heavy atom. The summed E-state index contributed by atoms with van der Waals surface area (Å²) in [5, 5.41) is 19.9. The van der Waals surface area contributed by atoms with Gasteiger partial charge in [0.25, 0.3) is 0 Å². The fourth-order valence-corrected chi connectivity index (χ4v) is 2.71. The predicted molar refractivity (Wildman–Crippen MR) is 86.1 cm³/mol. The van der Waals surface area contributed by atoms with Crippen molar-refractivity contribution in [3.8, 4) is 0 Å². The van der Waals surface area contributed by atoms with Crippen molar-refractivity contribution in [2.24, 2.45) is 0 Å². The van der Waals surface area contributed by atoms with Crippen LogP contribution >= 0.6 is 0 Å². The Morgan fingerprint density at radius 1 is 1.18 bits per heavy atom. The Balaban J connectivity index is 2.48. The normalized spacial score (nSPS) is 11.2. The molecule has 0 unspecified atom stereocenters. The molecular formula is C18H16O4. The van der Waals surface area contributed by atoms with Crippen molar-refractivity contribution in [2.45, 2.75) is 20.0 Å². The first-order chi connectivity index (χ1) is 10.5. The molecule has 2 aromatic carbocycles. The molecule has 0 aliphatic carbocycles. The van der Waals surface area contributed by atoms with E-state index in [9.17, 15) is 15.0 Å². The quantitative estimate of drug-likeness (QED) is 0.574. The minimum atomic E-state index is -0.202. The van der Waals surface area contributed by atoms with Gasteiger partial charge in [0.05, 0.1) is 23.1 Å². The highest BCUT2D eigenvalue weighted by Crippen LogP contribution is 2.27. The molecule has 112 valence electrons. The van der Waals surface area contributed by atoms with Crippen molar-refractivity contribution < 1.29 is 14.6 Å². The van der Waals surface area contributed by atoms with Crippen LogP contribution in [0.1, 0.15) is 16.7 Å². The van der Waals surface area contributed by atoms with Crippen LogP contribution in [0.4, 0.5) is 0 Å². The van der Waals surface area contributed by atoms with Gasteiger partial charge < -0.3 is 14.6 Å². The number of benzene rings is 2. The molecule has 3 rings (SSSR count). The third-order valence-corrected chi connectivity index (χ3v) is 3.84. The SMILES string of the molecule is C=C(O)Cc1cccc2c(=O)c3ccc(C)c(CO)c3oc12. The second kappa shape index (κ2) is 5.31. The van der Waals surface area contributed by atoms with Gasteiger partial charge in [-0.1, -0.05) is 24.8 Å². The number of para-hydroxylation sites is 1. The maximum Gasteiger partial charge on any atom is 0.200 e. The molecule has 0 bridgehead atoms. The monoisotopic (exact) mass is 296 g/mol. The van der Waals surface area contributed by atoms with Crippen LogP contribution in [0.25, 0.3) is 21.9 Å². The Bertz CT molecular complexity index is 951. The van der Waals surface area contributed by atoms with E-state index in [1.165, 1.54) is 0 Å². The van der Waals surface area contributed by atoms with E-state index in [-0.39, 0.29) is 24.2 Å². The Morgan fingerprint density at radius 2 is 1.91 bits per heavy atom. The van der Waals surface area contributed by atoms with Crippen molar-refractivity contribution in [2.75, 3.05) is 0 Å². The molecule has 0 aliphatic heterocycles. The maximum absolute atomic E-state index is 12.7. The number of rotatable bonds is 3. The Kier molecular flexibility index (Phi) is 3.47. The number of hydrogen-bond acceptors (Lipinski definition) is 4. The van der Waals surface area contributed by atoms with Crippen molar-refractivity contribution in [3.05, 3.63) is 69.6 Å². The molecule has 0 saturated carbocycles. The number of allylic oxidation sites excluding steroid dienone is 1. The highest BCUT2D eigenvalue weighted by Gasteiger charge is 2.15. The summed E-state index contributed by atoms with van der Waals surface area (Å²) in [7, 11) is 0. The molecule has 22 heavy (non-hydrogen) atoms. The molecule has 0 aliphatic rings. The van der Waals surface area contributed by atoms with E-state index in [0.29, 0.717) is 33.1 Å². The van der Waals surface area contributed by atoms with Gasteiger partial charge in [0.1, 0.15) is 11.2 Å². The number of fused-ring (bicyclic) bond motifs is 2. The van der Waals surface area contributed by atoms with Crippen LogP contribution < -0.4 is 5.43 Å². The van der Waals surface area contributed by atoms with Crippen LogP contribution in [-0.2, 0) is 13.0 Å². The summed E-state index contributed by atoms with van der Waals surface area (Å²) in [6.45, 7) is 5.14. The Labute approximate surface area is 126 Å². The number of aliphatic hydroxyl groups is 2. The fraction of sp³-hybridized carbons (Fsp3) is 0.167. The van der Waals surface area contributed by atoms with Gasteiger partial charge in [-0.25, -0.2) is 0 Å². The smallest absolute Gasteiger partial charge is 0.200 e. The topological polar surface area (TPSA) is 70.7 Å². The average molecular weight is 296 g/mol. The van der Waals surface area contributed by atoms with Crippen LogP contribution in [0.3, 0.4) is 0 Å².